The van der Waals surface area contributed by atoms with Gasteiger partial charge in [0.1, 0.15) is 33.5 Å². The van der Waals surface area contributed by atoms with Gasteiger partial charge in [0, 0.05) is 12.1 Å². The summed E-state index contributed by atoms with van der Waals surface area (Å²) in [5.74, 6) is -1.50. The number of rotatable bonds is 7. The van der Waals surface area contributed by atoms with Gasteiger partial charge >= 0.3 is 0 Å². The highest BCUT2D eigenvalue weighted by molar-refractivity contribution is 8.15. The normalized spacial score (nSPS) is 19.1. The molecule has 2 aromatic rings. The van der Waals surface area contributed by atoms with Crippen LogP contribution in [-0.2, 0) is 9.67 Å². The van der Waals surface area contributed by atoms with E-state index in [1.54, 1.807) is 13.1 Å². The molecule has 2 atom stereocenters. The van der Waals surface area contributed by atoms with Gasteiger partial charge in [0.2, 0.25) is 0 Å². The average Bonchev–Trinajstić information content (AvgIpc) is 3.19. The first kappa shape index (κ1) is 24.4. The summed E-state index contributed by atoms with van der Waals surface area (Å²) in [4.78, 5) is 16.2. The van der Waals surface area contributed by atoms with Crippen molar-refractivity contribution in [1.29, 1.82) is 5.26 Å². The fourth-order valence-electron chi connectivity index (χ4n) is 3.44. The number of aliphatic hydroxyl groups is 1. The van der Waals surface area contributed by atoms with Gasteiger partial charge in [0.25, 0.3) is 5.91 Å². The third kappa shape index (κ3) is 5.38. The Hall–Kier alpha value is -3.29. The van der Waals surface area contributed by atoms with E-state index in [-0.39, 0.29) is 10.6 Å². The highest BCUT2D eigenvalue weighted by atomic mass is 32.2. The maximum atomic E-state index is 14.6. The molecule has 3 rings (SSSR count). The third-order valence-electron chi connectivity index (χ3n) is 5.01. The minimum Gasteiger partial charge on any atom is -0.383 e. The minimum atomic E-state index is -1.35. The fraction of sp³-hybridized carbons (Fsp3) is 0.304. The molecule has 7 nitrogen and oxygen atoms in total. The number of aliphatic hydroxyl groups excluding tert-OH is 1. The van der Waals surface area contributed by atoms with E-state index in [0.29, 0.717) is 25.2 Å². The van der Waals surface area contributed by atoms with Crippen LogP contribution >= 0.6 is 11.8 Å². The van der Waals surface area contributed by atoms with Crippen LogP contribution in [0, 0.1) is 23.1 Å². The zero-order valence-electron chi connectivity index (χ0n) is 18.1. The number of aliphatic imine (C=N–C) groups is 1. The number of nitrogens with one attached hydrogen (secondary N) is 1. The molecule has 172 valence electrons. The molecule has 0 saturated carbocycles. The van der Waals surface area contributed by atoms with E-state index in [1.807, 2.05) is 30.3 Å². The van der Waals surface area contributed by atoms with Crippen LogP contribution in [0.4, 0.5) is 8.78 Å². The van der Waals surface area contributed by atoms with Gasteiger partial charge in [-0.05, 0) is 50.5 Å². The number of benzene rings is 2. The number of halogens is 2. The van der Waals surface area contributed by atoms with Gasteiger partial charge in [-0.1, -0.05) is 42.1 Å². The predicted octanol–water partition coefficient (Wildman–Crippen LogP) is 3.70. The molecule has 0 bridgehead atoms. The Balaban J connectivity index is 2.04. The lowest BCUT2D eigenvalue weighted by atomic mass is 10.00. The standard InChI is InChI=1S/C23H23F2N5O2S/c1-15(31)22(32)30-23(17-7-4-3-5-8-17,11-6-12-27-16(2)28-14-26)33-21(29-30)19-13-18(24)9-10-20(19)25/h3-5,7-10,13,15,31H,6,11-12H2,1-2H3,(H,27,28)/t15-,23?/m0/s1. The minimum absolute atomic E-state index is 0.0618. The van der Waals surface area contributed by atoms with Crippen LogP contribution in [-0.4, -0.2) is 39.6 Å². The van der Waals surface area contributed by atoms with Crippen molar-refractivity contribution in [3.8, 4) is 6.19 Å². The van der Waals surface area contributed by atoms with E-state index in [2.05, 4.69) is 15.4 Å². The summed E-state index contributed by atoms with van der Waals surface area (Å²) in [5.41, 5.74) is 0.656. The number of nitriles is 1. The second-order valence-corrected chi connectivity index (χ2v) is 8.68. The Morgan fingerprint density at radius 3 is 2.73 bits per heavy atom. The molecule has 1 unspecified atom stereocenters. The molecule has 0 spiro atoms. The zero-order chi connectivity index (χ0) is 24.0. The van der Waals surface area contributed by atoms with Crippen LogP contribution in [0.3, 0.4) is 0 Å². The topological polar surface area (TPSA) is 101 Å². The van der Waals surface area contributed by atoms with Crippen molar-refractivity contribution in [2.75, 3.05) is 6.54 Å². The quantitative estimate of drug-likeness (QED) is 0.211. The van der Waals surface area contributed by atoms with Gasteiger partial charge in [-0.25, -0.2) is 13.8 Å². The number of amidine groups is 1. The number of hydrazone groups is 1. The summed E-state index contributed by atoms with van der Waals surface area (Å²) in [6.07, 6.45) is 1.29. The Kier molecular flexibility index (Phi) is 7.79. The van der Waals surface area contributed by atoms with Crippen molar-refractivity contribution in [2.45, 2.75) is 37.7 Å². The summed E-state index contributed by atoms with van der Waals surface area (Å²) in [6.45, 7) is 3.36. The number of hydrogen-bond donors (Lipinski definition) is 2. The van der Waals surface area contributed by atoms with Gasteiger partial charge in [0.05, 0.1) is 0 Å². The van der Waals surface area contributed by atoms with Gasteiger partial charge in [-0.3, -0.25) is 15.1 Å². The third-order valence-corrected chi connectivity index (χ3v) is 6.45. The Morgan fingerprint density at radius 1 is 1.33 bits per heavy atom. The molecule has 0 radical (unpaired) electrons. The van der Waals surface area contributed by atoms with E-state index in [9.17, 15) is 18.7 Å². The number of carbonyl (C=O) groups is 1. The molecule has 1 aliphatic rings. The number of hydrogen-bond acceptors (Lipinski definition) is 6. The second kappa shape index (κ2) is 10.6. The van der Waals surface area contributed by atoms with Crippen LogP contribution in [0.15, 0.2) is 58.6 Å². The summed E-state index contributed by atoms with van der Waals surface area (Å²) in [6, 6.07) is 12.1. The highest BCUT2D eigenvalue weighted by Crippen LogP contribution is 2.50. The maximum Gasteiger partial charge on any atom is 0.272 e. The molecule has 0 fully saturated rings. The summed E-state index contributed by atoms with van der Waals surface area (Å²) in [5, 5.41) is 26.9. The molecule has 33 heavy (non-hydrogen) atoms. The lowest BCUT2D eigenvalue weighted by Gasteiger charge is -2.36. The van der Waals surface area contributed by atoms with E-state index < -0.39 is 28.5 Å². The molecular weight excluding hydrogens is 448 g/mol. The van der Waals surface area contributed by atoms with Crippen LogP contribution < -0.4 is 5.32 Å². The van der Waals surface area contributed by atoms with Gasteiger partial charge in [-0.2, -0.15) is 10.4 Å². The molecule has 1 amide bonds. The Bertz CT molecular complexity index is 1120. The maximum absolute atomic E-state index is 14.6. The van der Waals surface area contributed by atoms with Crippen LogP contribution in [0.25, 0.3) is 0 Å². The predicted molar refractivity (Wildman–Crippen MR) is 123 cm³/mol. The molecule has 0 aromatic heterocycles. The average molecular weight is 472 g/mol. The van der Waals surface area contributed by atoms with Crippen molar-refractivity contribution in [3.05, 3.63) is 71.3 Å². The smallest absolute Gasteiger partial charge is 0.272 e. The van der Waals surface area contributed by atoms with Crippen molar-refractivity contribution in [1.82, 2.24) is 10.3 Å². The summed E-state index contributed by atoms with van der Waals surface area (Å²) in [7, 11) is 0. The SMILES string of the molecule is CC(=NCCCC1(c2ccccc2)SC(c2cc(F)ccc2F)=NN1C(=O)[C@H](C)O)NC#N. The summed E-state index contributed by atoms with van der Waals surface area (Å²) < 4.78 is 28.5. The molecular formula is C23H23F2N5O2S. The first-order valence-electron chi connectivity index (χ1n) is 10.3. The van der Waals surface area contributed by atoms with Crippen molar-refractivity contribution < 1.29 is 18.7 Å². The largest absolute Gasteiger partial charge is 0.383 e. The summed E-state index contributed by atoms with van der Waals surface area (Å²) >= 11 is 1.13. The van der Waals surface area contributed by atoms with E-state index >= 15 is 0 Å². The fourth-order valence-corrected chi connectivity index (χ4v) is 4.86. The first-order valence-corrected chi connectivity index (χ1v) is 11.1. The zero-order valence-corrected chi connectivity index (χ0v) is 18.9. The molecule has 2 aromatic carbocycles. The van der Waals surface area contributed by atoms with Crippen molar-refractivity contribution >= 4 is 28.5 Å². The lowest BCUT2D eigenvalue weighted by Crippen LogP contribution is -2.45. The van der Waals surface area contributed by atoms with Crippen molar-refractivity contribution in [3.63, 3.8) is 0 Å². The van der Waals surface area contributed by atoms with Gasteiger partial charge in [-0.15, -0.1) is 0 Å². The first-order chi connectivity index (χ1) is 15.8. The molecule has 0 saturated heterocycles. The number of amides is 1. The molecule has 2 N–H and O–H groups in total. The second-order valence-electron chi connectivity index (χ2n) is 7.42. The van der Waals surface area contributed by atoms with Crippen LogP contribution in [0.5, 0.6) is 0 Å². The van der Waals surface area contributed by atoms with Gasteiger partial charge in [0.15, 0.2) is 6.19 Å². The molecule has 1 aliphatic heterocycles. The van der Waals surface area contributed by atoms with Gasteiger partial charge < -0.3 is 5.11 Å². The van der Waals surface area contributed by atoms with Crippen LogP contribution in [0.2, 0.25) is 0 Å². The van der Waals surface area contributed by atoms with Crippen LogP contribution in [0.1, 0.15) is 37.8 Å². The lowest BCUT2D eigenvalue weighted by molar-refractivity contribution is -0.143. The number of thioether (sulfide) groups is 1. The molecule has 10 heteroatoms. The monoisotopic (exact) mass is 471 g/mol. The molecule has 1 heterocycles. The molecule has 0 aliphatic carbocycles. The van der Waals surface area contributed by atoms with Crippen molar-refractivity contribution in [2.24, 2.45) is 10.1 Å². The van der Waals surface area contributed by atoms with E-state index in [4.69, 9.17) is 5.26 Å². The Morgan fingerprint density at radius 2 is 2.06 bits per heavy atom. The van der Waals surface area contributed by atoms with E-state index in [0.717, 1.165) is 35.5 Å². The number of carbonyl (C=O) groups excluding carboxylic acids is 1. The Labute approximate surface area is 194 Å². The van der Waals surface area contributed by atoms with E-state index in [1.165, 1.54) is 11.9 Å². The highest BCUT2D eigenvalue weighted by Gasteiger charge is 2.49. The number of nitrogens with zero attached hydrogens (tertiary/aromatic N) is 4.